The first-order chi connectivity index (χ1) is 3.39. The Hall–Kier alpha value is 0.726. The Kier molecular flexibility index (Phi) is 5.01. The summed E-state index contributed by atoms with van der Waals surface area (Å²) in [6.07, 6.45) is 5.92. The van der Waals surface area contributed by atoms with Gasteiger partial charge in [0.15, 0.2) is 0 Å². The van der Waals surface area contributed by atoms with Crippen molar-refractivity contribution in [1.29, 1.82) is 0 Å². The van der Waals surface area contributed by atoms with Gasteiger partial charge in [0.2, 0.25) is 0 Å². The Labute approximate surface area is 66.6 Å². The summed E-state index contributed by atoms with van der Waals surface area (Å²) >= 11 is 0. The Balaban J connectivity index is 0.000000490. The molecule has 8 heavy (non-hydrogen) atoms. The Morgan fingerprint density at radius 1 is 1.00 bits per heavy atom. The molecule has 0 heterocycles. The molecule has 1 nitrogen and oxygen atoms in total. The van der Waals surface area contributed by atoms with Gasteiger partial charge in [-0.3, -0.25) is 0 Å². The standard InChI is InChI=1S/C6H12O.Mg.2H/c7-6-4-2-1-3-5-6;;;/h6-7H,1-5H2;;;. The molecular formula is C6H14MgO. The minimum absolute atomic E-state index is 0. The molecule has 0 amide bonds. The van der Waals surface area contributed by atoms with Gasteiger partial charge in [0.1, 0.15) is 0 Å². The van der Waals surface area contributed by atoms with Crippen LogP contribution in [0.2, 0.25) is 0 Å². The fourth-order valence-electron chi connectivity index (χ4n) is 1.08. The molecule has 0 aromatic rings. The van der Waals surface area contributed by atoms with Crippen molar-refractivity contribution in [2.24, 2.45) is 0 Å². The molecule has 0 aliphatic heterocycles. The zero-order chi connectivity index (χ0) is 5.11. The molecule has 1 fully saturated rings. The first-order valence-corrected chi connectivity index (χ1v) is 3.07. The van der Waals surface area contributed by atoms with Crippen LogP contribution in [-0.4, -0.2) is 34.3 Å². The largest absolute Gasteiger partial charge is 0.393 e. The summed E-state index contributed by atoms with van der Waals surface area (Å²) < 4.78 is 0. The summed E-state index contributed by atoms with van der Waals surface area (Å²) in [5.41, 5.74) is 0. The zero-order valence-electron chi connectivity index (χ0n) is 4.56. The van der Waals surface area contributed by atoms with Crippen molar-refractivity contribution in [1.82, 2.24) is 0 Å². The normalized spacial score (nSPS) is 22.1. The highest BCUT2D eigenvalue weighted by molar-refractivity contribution is 5.75. The van der Waals surface area contributed by atoms with Gasteiger partial charge in [-0.25, -0.2) is 0 Å². The van der Waals surface area contributed by atoms with E-state index in [4.69, 9.17) is 5.11 Å². The van der Waals surface area contributed by atoms with E-state index in [9.17, 15) is 0 Å². The van der Waals surface area contributed by atoms with Crippen LogP contribution in [0.15, 0.2) is 0 Å². The minimum Gasteiger partial charge on any atom is -0.393 e. The summed E-state index contributed by atoms with van der Waals surface area (Å²) in [7, 11) is 0. The number of hydrogen-bond acceptors (Lipinski definition) is 1. The lowest BCUT2D eigenvalue weighted by molar-refractivity contribution is 0.130. The van der Waals surface area contributed by atoms with Crippen molar-refractivity contribution in [3.8, 4) is 0 Å². The molecule has 1 N–H and O–H groups in total. The van der Waals surface area contributed by atoms with E-state index in [1.807, 2.05) is 0 Å². The molecule has 0 aromatic carbocycles. The molecule has 0 bridgehead atoms. The van der Waals surface area contributed by atoms with E-state index in [0.29, 0.717) is 0 Å². The molecule has 0 aromatic heterocycles. The first-order valence-electron chi connectivity index (χ1n) is 3.07. The molecule has 2 heteroatoms. The summed E-state index contributed by atoms with van der Waals surface area (Å²) in [6.45, 7) is 0. The van der Waals surface area contributed by atoms with Crippen LogP contribution >= 0.6 is 0 Å². The van der Waals surface area contributed by atoms with E-state index < -0.39 is 0 Å². The molecule has 0 saturated heterocycles. The number of aliphatic hydroxyl groups excluding tert-OH is 1. The predicted octanol–water partition coefficient (Wildman–Crippen LogP) is 0.395. The molecule has 46 valence electrons. The average molecular weight is 126 g/mol. The van der Waals surface area contributed by atoms with Gasteiger partial charge in [-0.05, 0) is 12.8 Å². The number of rotatable bonds is 0. The molecule has 1 aliphatic carbocycles. The molecule has 0 radical (unpaired) electrons. The van der Waals surface area contributed by atoms with E-state index in [-0.39, 0.29) is 29.2 Å². The van der Waals surface area contributed by atoms with E-state index >= 15 is 0 Å². The van der Waals surface area contributed by atoms with E-state index in [1.54, 1.807) is 0 Å². The fourth-order valence-corrected chi connectivity index (χ4v) is 1.08. The number of aliphatic hydroxyl groups is 1. The van der Waals surface area contributed by atoms with Gasteiger partial charge in [0.25, 0.3) is 0 Å². The van der Waals surface area contributed by atoms with Crippen LogP contribution in [0, 0.1) is 0 Å². The van der Waals surface area contributed by atoms with Crippen LogP contribution in [-0.2, 0) is 0 Å². The summed E-state index contributed by atoms with van der Waals surface area (Å²) in [5, 5.41) is 8.91. The highest BCUT2D eigenvalue weighted by Crippen LogP contribution is 2.16. The van der Waals surface area contributed by atoms with Gasteiger partial charge in [0.05, 0.1) is 6.10 Å². The maximum absolute atomic E-state index is 8.91. The van der Waals surface area contributed by atoms with E-state index in [0.717, 1.165) is 12.8 Å². The minimum atomic E-state index is 0. The SMILES string of the molecule is OC1CCCCC1.[MgH2]. The fraction of sp³-hybridized carbons (Fsp3) is 1.00. The van der Waals surface area contributed by atoms with Crippen molar-refractivity contribution >= 4 is 23.1 Å². The second-order valence-electron chi connectivity index (χ2n) is 2.29. The van der Waals surface area contributed by atoms with Crippen LogP contribution in [0.25, 0.3) is 0 Å². The maximum Gasteiger partial charge on any atom is 0.316 e. The molecule has 0 spiro atoms. The van der Waals surface area contributed by atoms with Crippen LogP contribution < -0.4 is 0 Å². The van der Waals surface area contributed by atoms with Gasteiger partial charge in [-0.1, -0.05) is 19.3 Å². The van der Waals surface area contributed by atoms with E-state index in [1.165, 1.54) is 19.3 Å². The molecule has 0 unspecified atom stereocenters. The monoisotopic (exact) mass is 126 g/mol. The van der Waals surface area contributed by atoms with Gasteiger partial charge < -0.3 is 5.11 Å². The molecule has 1 saturated carbocycles. The number of hydrogen-bond donors (Lipinski definition) is 1. The van der Waals surface area contributed by atoms with Crippen LogP contribution in [0.4, 0.5) is 0 Å². The quantitative estimate of drug-likeness (QED) is 0.466. The Bertz CT molecular complexity index is 50.5. The van der Waals surface area contributed by atoms with Crippen molar-refractivity contribution in [3.05, 3.63) is 0 Å². The highest BCUT2D eigenvalue weighted by atomic mass is 24.3. The third-order valence-corrected chi connectivity index (χ3v) is 1.57. The topological polar surface area (TPSA) is 20.2 Å². The van der Waals surface area contributed by atoms with Crippen LogP contribution in [0.3, 0.4) is 0 Å². The lowest BCUT2D eigenvalue weighted by Gasteiger charge is -2.14. The van der Waals surface area contributed by atoms with Gasteiger partial charge in [0, 0.05) is 0 Å². The van der Waals surface area contributed by atoms with E-state index in [2.05, 4.69) is 0 Å². The maximum atomic E-state index is 8.91. The second-order valence-corrected chi connectivity index (χ2v) is 2.29. The third kappa shape index (κ3) is 2.90. The Morgan fingerprint density at radius 2 is 1.50 bits per heavy atom. The van der Waals surface area contributed by atoms with Gasteiger partial charge in [-0.15, -0.1) is 0 Å². The van der Waals surface area contributed by atoms with Crippen molar-refractivity contribution < 1.29 is 5.11 Å². The van der Waals surface area contributed by atoms with Crippen molar-refractivity contribution in [2.75, 3.05) is 0 Å². The lowest BCUT2D eigenvalue weighted by atomic mass is 9.98. The van der Waals surface area contributed by atoms with Crippen molar-refractivity contribution in [2.45, 2.75) is 38.2 Å². The second kappa shape index (κ2) is 4.59. The lowest BCUT2D eigenvalue weighted by Crippen LogP contribution is -2.09. The summed E-state index contributed by atoms with van der Waals surface area (Å²) in [4.78, 5) is 0. The summed E-state index contributed by atoms with van der Waals surface area (Å²) in [6, 6.07) is 0. The molecule has 1 rings (SSSR count). The van der Waals surface area contributed by atoms with Crippen LogP contribution in [0.1, 0.15) is 32.1 Å². The molecular weight excluding hydrogens is 112 g/mol. The smallest absolute Gasteiger partial charge is 0.316 e. The average Bonchev–Trinajstić information content (AvgIpc) is 1.69. The van der Waals surface area contributed by atoms with Gasteiger partial charge in [-0.2, -0.15) is 0 Å². The first kappa shape index (κ1) is 8.73. The Morgan fingerprint density at radius 3 is 1.75 bits per heavy atom. The third-order valence-electron chi connectivity index (χ3n) is 1.57. The zero-order valence-corrected chi connectivity index (χ0v) is 4.56. The predicted molar refractivity (Wildman–Crippen MR) is 37.6 cm³/mol. The summed E-state index contributed by atoms with van der Waals surface area (Å²) in [5.74, 6) is 0. The van der Waals surface area contributed by atoms with Crippen molar-refractivity contribution in [3.63, 3.8) is 0 Å². The molecule has 1 aliphatic rings. The molecule has 0 atom stereocenters. The van der Waals surface area contributed by atoms with Gasteiger partial charge >= 0.3 is 23.1 Å². The highest BCUT2D eigenvalue weighted by Gasteiger charge is 2.07. The van der Waals surface area contributed by atoms with Crippen LogP contribution in [0.5, 0.6) is 0 Å².